The third-order valence-corrected chi connectivity index (χ3v) is 8.03. The van der Waals surface area contributed by atoms with E-state index in [4.69, 9.17) is 0 Å². The zero-order valence-corrected chi connectivity index (χ0v) is 24.6. The average Bonchev–Trinajstić information content (AvgIpc) is 2.97. The van der Waals surface area contributed by atoms with Gasteiger partial charge >= 0.3 is 0 Å². The van der Waals surface area contributed by atoms with E-state index in [1.807, 2.05) is 48.5 Å². The standard InChI is InChI=1S/C37H50F2/c1-3-5-7-9-10-11-12-13-15-20-24-34-33(23-17-14-8-6-4-2)29-35(37(39)36(34)38)32-27-25-31(26-28-32)30-21-18-16-19-22-30/h16,18-19,21-22,25-29H,3-15,17,20,23-24H2,1-2H3. The van der Waals surface area contributed by atoms with Gasteiger partial charge in [-0.2, -0.15) is 0 Å². The zero-order valence-electron chi connectivity index (χ0n) is 24.6. The predicted octanol–water partition coefficient (Wildman–Crippen LogP) is 12.3. The van der Waals surface area contributed by atoms with Gasteiger partial charge in [-0.25, -0.2) is 8.78 Å². The van der Waals surface area contributed by atoms with Crippen LogP contribution in [0.25, 0.3) is 22.3 Å². The Morgan fingerprint density at radius 2 is 0.923 bits per heavy atom. The van der Waals surface area contributed by atoms with Crippen LogP contribution in [0.3, 0.4) is 0 Å². The summed E-state index contributed by atoms with van der Waals surface area (Å²) in [6.45, 7) is 4.47. The Labute approximate surface area is 237 Å². The predicted molar refractivity (Wildman–Crippen MR) is 165 cm³/mol. The van der Waals surface area contributed by atoms with Crippen LogP contribution in [-0.2, 0) is 12.8 Å². The maximum absolute atomic E-state index is 15.6. The second kappa shape index (κ2) is 18.0. The zero-order chi connectivity index (χ0) is 27.7. The van der Waals surface area contributed by atoms with Crippen LogP contribution in [-0.4, -0.2) is 0 Å². The fraction of sp³-hybridized carbons (Fsp3) is 0.514. The number of hydrogen-bond donors (Lipinski definition) is 0. The van der Waals surface area contributed by atoms with Gasteiger partial charge in [-0.3, -0.25) is 0 Å². The maximum atomic E-state index is 15.6. The molecule has 0 saturated carbocycles. The Morgan fingerprint density at radius 3 is 1.49 bits per heavy atom. The van der Waals surface area contributed by atoms with Crippen molar-refractivity contribution in [3.63, 3.8) is 0 Å². The van der Waals surface area contributed by atoms with Crippen molar-refractivity contribution in [3.8, 4) is 22.3 Å². The average molecular weight is 533 g/mol. The fourth-order valence-electron chi connectivity index (χ4n) is 5.60. The number of benzene rings is 3. The van der Waals surface area contributed by atoms with Gasteiger partial charge in [-0.15, -0.1) is 0 Å². The molecule has 0 bridgehead atoms. The number of halogens is 2. The fourth-order valence-corrected chi connectivity index (χ4v) is 5.60. The number of aryl methyl sites for hydroxylation is 1. The molecule has 0 aliphatic rings. The lowest BCUT2D eigenvalue weighted by molar-refractivity contribution is 0.493. The molecule has 3 aromatic carbocycles. The van der Waals surface area contributed by atoms with Crippen molar-refractivity contribution in [3.05, 3.63) is 83.4 Å². The first-order valence-electron chi connectivity index (χ1n) is 15.8. The second-order valence-corrected chi connectivity index (χ2v) is 11.2. The molecule has 0 unspecified atom stereocenters. The van der Waals surface area contributed by atoms with Crippen LogP contribution in [0, 0.1) is 11.6 Å². The van der Waals surface area contributed by atoms with Crippen molar-refractivity contribution >= 4 is 0 Å². The molecule has 0 aromatic heterocycles. The summed E-state index contributed by atoms with van der Waals surface area (Å²) in [7, 11) is 0. The van der Waals surface area contributed by atoms with Gasteiger partial charge in [0, 0.05) is 5.56 Å². The first kappa shape index (κ1) is 31.1. The van der Waals surface area contributed by atoms with Crippen molar-refractivity contribution in [2.75, 3.05) is 0 Å². The highest BCUT2D eigenvalue weighted by atomic mass is 19.2. The summed E-state index contributed by atoms with van der Waals surface area (Å²) in [5.74, 6) is -1.32. The Balaban J connectivity index is 1.67. The molecule has 3 aromatic rings. The van der Waals surface area contributed by atoms with E-state index in [0.29, 0.717) is 17.5 Å². The van der Waals surface area contributed by atoms with Gasteiger partial charge in [0.15, 0.2) is 11.6 Å². The van der Waals surface area contributed by atoms with Crippen LogP contribution < -0.4 is 0 Å². The Bertz CT molecular complexity index is 1070. The largest absolute Gasteiger partial charge is 0.203 e. The van der Waals surface area contributed by atoms with Gasteiger partial charge in [0.1, 0.15) is 0 Å². The first-order chi connectivity index (χ1) is 19.2. The van der Waals surface area contributed by atoms with Crippen molar-refractivity contribution < 1.29 is 8.78 Å². The summed E-state index contributed by atoms with van der Waals surface area (Å²) in [5.41, 5.74) is 4.95. The molecule has 0 amide bonds. The Kier molecular flexibility index (Phi) is 14.3. The topological polar surface area (TPSA) is 0 Å². The molecule has 2 heteroatoms. The van der Waals surface area contributed by atoms with E-state index in [2.05, 4.69) is 26.0 Å². The van der Waals surface area contributed by atoms with Crippen LogP contribution in [0.2, 0.25) is 0 Å². The van der Waals surface area contributed by atoms with Gasteiger partial charge in [0.25, 0.3) is 0 Å². The molecule has 0 atom stereocenters. The molecule has 0 aliphatic heterocycles. The summed E-state index contributed by atoms with van der Waals surface area (Å²) in [5, 5.41) is 0. The lowest BCUT2D eigenvalue weighted by Crippen LogP contribution is -2.05. The van der Waals surface area contributed by atoms with Crippen LogP contribution >= 0.6 is 0 Å². The summed E-state index contributed by atoms with van der Waals surface area (Å²) in [4.78, 5) is 0. The lowest BCUT2D eigenvalue weighted by atomic mass is 9.91. The van der Waals surface area contributed by atoms with Crippen LogP contribution in [0.1, 0.15) is 121 Å². The minimum absolute atomic E-state index is 0.391. The minimum Gasteiger partial charge on any atom is -0.203 e. The molecule has 0 nitrogen and oxygen atoms in total. The molecule has 212 valence electrons. The molecule has 39 heavy (non-hydrogen) atoms. The van der Waals surface area contributed by atoms with E-state index in [-0.39, 0.29) is 0 Å². The molecule has 0 radical (unpaired) electrons. The highest BCUT2D eigenvalue weighted by molar-refractivity contribution is 5.71. The molecular weight excluding hydrogens is 482 g/mol. The van der Waals surface area contributed by atoms with Gasteiger partial charge in [-0.1, -0.05) is 152 Å². The van der Waals surface area contributed by atoms with Crippen molar-refractivity contribution in [1.29, 1.82) is 0 Å². The molecular formula is C37H50F2. The number of unbranched alkanes of at least 4 members (excludes halogenated alkanes) is 13. The van der Waals surface area contributed by atoms with Crippen molar-refractivity contribution in [1.82, 2.24) is 0 Å². The summed E-state index contributed by atoms with van der Waals surface area (Å²) in [6.07, 6.45) is 19.7. The SMILES string of the molecule is CCCCCCCCCCCCc1c(CCCCCCC)cc(-c2ccc(-c3ccccc3)cc2)c(F)c1F. The maximum Gasteiger partial charge on any atom is 0.166 e. The third-order valence-electron chi connectivity index (χ3n) is 8.03. The van der Waals surface area contributed by atoms with Crippen molar-refractivity contribution in [2.24, 2.45) is 0 Å². The highest BCUT2D eigenvalue weighted by Crippen LogP contribution is 2.32. The van der Waals surface area contributed by atoms with E-state index in [9.17, 15) is 0 Å². The van der Waals surface area contributed by atoms with E-state index in [0.717, 1.165) is 54.4 Å². The normalized spacial score (nSPS) is 11.3. The van der Waals surface area contributed by atoms with Gasteiger partial charge < -0.3 is 0 Å². The highest BCUT2D eigenvalue weighted by Gasteiger charge is 2.19. The molecule has 0 spiro atoms. The molecule has 3 rings (SSSR count). The second-order valence-electron chi connectivity index (χ2n) is 11.2. The monoisotopic (exact) mass is 532 g/mol. The van der Waals surface area contributed by atoms with Crippen LogP contribution in [0.5, 0.6) is 0 Å². The van der Waals surface area contributed by atoms with E-state index in [1.165, 1.54) is 70.6 Å². The molecule has 0 aliphatic carbocycles. The molecule has 0 heterocycles. The molecule has 0 fully saturated rings. The summed E-state index contributed by atoms with van der Waals surface area (Å²) < 4.78 is 31.1. The molecule has 0 saturated heterocycles. The van der Waals surface area contributed by atoms with Gasteiger partial charge in [0.05, 0.1) is 0 Å². The first-order valence-corrected chi connectivity index (χ1v) is 15.8. The number of hydrogen-bond acceptors (Lipinski definition) is 0. The smallest absolute Gasteiger partial charge is 0.166 e. The summed E-state index contributed by atoms with van der Waals surface area (Å²) >= 11 is 0. The van der Waals surface area contributed by atoms with Crippen LogP contribution in [0.4, 0.5) is 8.78 Å². The molecule has 0 N–H and O–H groups in total. The quantitative estimate of drug-likeness (QED) is 0.135. The van der Waals surface area contributed by atoms with E-state index < -0.39 is 11.6 Å². The summed E-state index contributed by atoms with van der Waals surface area (Å²) in [6, 6.07) is 20.0. The van der Waals surface area contributed by atoms with Gasteiger partial charge in [-0.05, 0) is 59.6 Å². The Morgan fingerprint density at radius 1 is 0.462 bits per heavy atom. The lowest BCUT2D eigenvalue weighted by Gasteiger charge is -2.16. The minimum atomic E-state index is -0.695. The van der Waals surface area contributed by atoms with Crippen LogP contribution in [0.15, 0.2) is 60.7 Å². The van der Waals surface area contributed by atoms with E-state index in [1.54, 1.807) is 0 Å². The number of rotatable bonds is 19. The van der Waals surface area contributed by atoms with E-state index >= 15 is 8.78 Å². The van der Waals surface area contributed by atoms with Gasteiger partial charge in [0.2, 0.25) is 0 Å². The Hall–Kier alpha value is -2.48. The third kappa shape index (κ3) is 10.2. The van der Waals surface area contributed by atoms with Crippen molar-refractivity contribution in [2.45, 2.75) is 123 Å².